The Morgan fingerprint density at radius 3 is 2.35 bits per heavy atom. The van der Waals surface area contributed by atoms with E-state index in [0.29, 0.717) is 17.1 Å². The lowest BCUT2D eigenvalue weighted by Gasteiger charge is -2.32. The summed E-state index contributed by atoms with van der Waals surface area (Å²) in [5.74, 6) is 0.902. The average molecular weight is 461 g/mol. The average Bonchev–Trinajstić information content (AvgIpc) is 2.83. The molecule has 176 valence electrons. The molecule has 1 aliphatic heterocycles. The SMILES string of the molecule is CC(=O)Nc1cccc(OCC(=O)Nc2cccc(-c3ccc(N4CCN(C)CC4)nn3)c2)c1. The first-order valence-corrected chi connectivity index (χ1v) is 11.1. The first-order chi connectivity index (χ1) is 16.5. The summed E-state index contributed by atoms with van der Waals surface area (Å²) in [6.45, 7) is 5.17. The number of piperazine rings is 1. The van der Waals surface area contributed by atoms with Crippen LogP contribution >= 0.6 is 0 Å². The van der Waals surface area contributed by atoms with Crippen LogP contribution in [0.5, 0.6) is 5.75 Å². The van der Waals surface area contributed by atoms with Gasteiger partial charge in [-0.05, 0) is 43.4 Å². The Morgan fingerprint density at radius 1 is 0.912 bits per heavy atom. The molecule has 9 heteroatoms. The number of amides is 2. The van der Waals surface area contributed by atoms with Gasteiger partial charge >= 0.3 is 0 Å². The maximum atomic E-state index is 12.4. The lowest BCUT2D eigenvalue weighted by Crippen LogP contribution is -2.44. The summed E-state index contributed by atoms with van der Waals surface area (Å²) in [6.07, 6.45) is 0. The van der Waals surface area contributed by atoms with Crippen molar-refractivity contribution in [2.75, 3.05) is 55.4 Å². The summed E-state index contributed by atoms with van der Waals surface area (Å²) in [6, 6.07) is 18.3. The molecule has 2 N–H and O–H groups in total. The van der Waals surface area contributed by atoms with Crippen LogP contribution in [0.4, 0.5) is 17.2 Å². The highest BCUT2D eigenvalue weighted by Crippen LogP contribution is 2.23. The van der Waals surface area contributed by atoms with Crippen molar-refractivity contribution in [1.29, 1.82) is 0 Å². The molecule has 0 unspecified atom stereocenters. The van der Waals surface area contributed by atoms with Gasteiger partial charge in [-0.25, -0.2) is 0 Å². The fourth-order valence-corrected chi connectivity index (χ4v) is 3.65. The molecule has 0 radical (unpaired) electrons. The number of benzene rings is 2. The van der Waals surface area contributed by atoms with Gasteiger partial charge in [-0.3, -0.25) is 9.59 Å². The number of nitrogens with zero attached hydrogens (tertiary/aromatic N) is 4. The number of aromatic nitrogens is 2. The predicted molar refractivity (Wildman–Crippen MR) is 132 cm³/mol. The second kappa shape index (κ2) is 10.8. The van der Waals surface area contributed by atoms with Crippen LogP contribution in [-0.2, 0) is 9.59 Å². The highest BCUT2D eigenvalue weighted by atomic mass is 16.5. The Balaban J connectivity index is 1.34. The van der Waals surface area contributed by atoms with Crippen molar-refractivity contribution in [3.8, 4) is 17.0 Å². The molecule has 34 heavy (non-hydrogen) atoms. The second-order valence-electron chi connectivity index (χ2n) is 8.19. The van der Waals surface area contributed by atoms with Crippen LogP contribution in [0.25, 0.3) is 11.3 Å². The number of carbonyl (C=O) groups excluding carboxylic acids is 2. The summed E-state index contributed by atoms with van der Waals surface area (Å²) in [4.78, 5) is 28.1. The van der Waals surface area contributed by atoms with Crippen LogP contribution in [0.1, 0.15) is 6.92 Å². The van der Waals surface area contributed by atoms with Crippen molar-refractivity contribution in [2.24, 2.45) is 0 Å². The lowest BCUT2D eigenvalue weighted by atomic mass is 10.1. The largest absolute Gasteiger partial charge is 0.484 e. The van der Waals surface area contributed by atoms with Gasteiger partial charge in [0, 0.05) is 56.1 Å². The molecule has 1 aliphatic rings. The minimum atomic E-state index is -0.293. The van der Waals surface area contributed by atoms with Crippen LogP contribution in [0.15, 0.2) is 60.7 Å². The topological polar surface area (TPSA) is 99.7 Å². The van der Waals surface area contributed by atoms with E-state index in [-0.39, 0.29) is 18.4 Å². The van der Waals surface area contributed by atoms with E-state index in [1.165, 1.54) is 6.92 Å². The van der Waals surface area contributed by atoms with Crippen LogP contribution < -0.4 is 20.3 Å². The Labute approximate surface area is 198 Å². The van der Waals surface area contributed by atoms with Gasteiger partial charge in [0.15, 0.2) is 12.4 Å². The van der Waals surface area contributed by atoms with E-state index in [1.807, 2.05) is 36.4 Å². The van der Waals surface area contributed by atoms with Gasteiger partial charge in [0.1, 0.15) is 5.75 Å². The normalized spacial score (nSPS) is 13.9. The molecule has 1 fully saturated rings. The number of likely N-dealkylation sites (N-methyl/N-ethyl adjacent to an activating group) is 1. The number of carbonyl (C=O) groups is 2. The van der Waals surface area contributed by atoms with E-state index in [2.05, 4.69) is 37.7 Å². The Bertz CT molecular complexity index is 1140. The minimum absolute atomic E-state index is 0.159. The third-order valence-electron chi connectivity index (χ3n) is 5.44. The Hall–Kier alpha value is -3.98. The van der Waals surface area contributed by atoms with Gasteiger partial charge in [0.05, 0.1) is 5.69 Å². The molecule has 1 saturated heterocycles. The molecule has 0 bridgehead atoms. The van der Waals surface area contributed by atoms with E-state index in [9.17, 15) is 9.59 Å². The Kier molecular flexibility index (Phi) is 7.34. The van der Waals surface area contributed by atoms with Crippen molar-refractivity contribution in [3.05, 3.63) is 60.7 Å². The zero-order valence-electron chi connectivity index (χ0n) is 19.3. The quantitative estimate of drug-likeness (QED) is 0.559. The third kappa shape index (κ3) is 6.29. The third-order valence-corrected chi connectivity index (χ3v) is 5.44. The number of hydrogen-bond acceptors (Lipinski definition) is 7. The molecule has 2 amide bonds. The molecule has 9 nitrogen and oxygen atoms in total. The molecule has 4 rings (SSSR count). The zero-order valence-corrected chi connectivity index (χ0v) is 19.3. The fraction of sp³-hybridized carbons (Fsp3) is 0.280. The molecule has 0 saturated carbocycles. The van der Waals surface area contributed by atoms with Crippen molar-refractivity contribution in [1.82, 2.24) is 15.1 Å². The summed E-state index contributed by atoms with van der Waals surface area (Å²) in [5.41, 5.74) is 2.85. The van der Waals surface area contributed by atoms with Crippen molar-refractivity contribution in [3.63, 3.8) is 0 Å². The molecule has 2 heterocycles. The smallest absolute Gasteiger partial charge is 0.262 e. The van der Waals surface area contributed by atoms with E-state index >= 15 is 0 Å². The predicted octanol–water partition coefficient (Wildman–Crippen LogP) is 2.87. The molecule has 0 aliphatic carbocycles. The van der Waals surface area contributed by atoms with Crippen LogP contribution in [0, 0.1) is 0 Å². The maximum absolute atomic E-state index is 12.4. The minimum Gasteiger partial charge on any atom is -0.484 e. The van der Waals surface area contributed by atoms with Gasteiger partial charge in [0.2, 0.25) is 5.91 Å². The van der Waals surface area contributed by atoms with Crippen LogP contribution in [0.2, 0.25) is 0 Å². The van der Waals surface area contributed by atoms with Crippen LogP contribution in [-0.4, -0.2) is 66.7 Å². The van der Waals surface area contributed by atoms with Gasteiger partial charge in [-0.15, -0.1) is 10.2 Å². The zero-order chi connectivity index (χ0) is 23.9. The van der Waals surface area contributed by atoms with E-state index in [1.54, 1.807) is 24.3 Å². The standard InChI is InChI=1S/C25H28N6O3/c1-18(32)26-21-7-4-8-22(16-21)34-17-25(33)27-20-6-3-5-19(15-20)23-9-10-24(29-28-23)31-13-11-30(2)12-14-31/h3-10,15-16H,11-14,17H2,1-2H3,(H,26,32)(H,27,33). The number of hydrogen-bond donors (Lipinski definition) is 2. The Morgan fingerprint density at radius 2 is 1.65 bits per heavy atom. The summed E-state index contributed by atoms with van der Waals surface area (Å²) in [5, 5.41) is 14.3. The molecular formula is C25H28N6O3. The summed E-state index contributed by atoms with van der Waals surface area (Å²) in [7, 11) is 2.12. The number of rotatable bonds is 7. The van der Waals surface area contributed by atoms with Crippen molar-refractivity contribution >= 4 is 29.0 Å². The molecule has 0 atom stereocenters. The highest BCUT2D eigenvalue weighted by Gasteiger charge is 2.16. The monoisotopic (exact) mass is 460 g/mol. The van der Waals surface area contributed by atoms with Gasteiger partial charge in [-0.2, -0.15) is 0 Å². The first-order valence-electron chi connectivity index (χ1n) is 11.1. The number of anilines is 3. The highest BCUT2D eigenvalue weighted by molar-refractivity contribution is 5.92. The first kappa shape index (κ1) is 23.2. The molecule has 2 aromatic carbocycles. The van der Waals surface area contributed by atoms with Gasteiger partial charge < -0.3 is 25.2 Å². The summed E-state index contributed by atoms with van der Waals surface area (Å²) >= 11 is 0. The maximum Gasteiger partial charge on any atom is 0.262 e. The van der Waals surface area contributed by atoms with E-state index < -0.39 is 0 Å². The lowest BCUT2D eigenvalue weighted by molar-refractivity contribution is -0.118. The van der Waals surface area contributed by atoms with E-state index in [0.717, 1.165) is 43.3 Å². The van der Waals surface area contributed by atoms with Gasteiger partial charge in [-0.1, -0.05) is 18.2 Å². The molecule has 1 aromatic heterocycles. The molecule has 0 spiro atoms. The fourth-order valence-electron chi connectivity index (χ4n) is 3.65. The second-order valence-corrected chi connectivity index (χ2v) is 8.19. The molecule has 3 aromatic rings. The van der Waals surface area contributed by atoms with Crippen LogP contribution in [0.3, 0.4) is 0 Å². The summed E-state index contributed by atoms with van der Waals surface area (Å²) < 4.78 is 5.56. The number of ether oxygens (including phenoxy) is 1. The van der Waals surface area contributed by atoms with Crippen molar-refractivity contribution < 1.29 is 14.3 Å². The van der Waals surface area contributed by atoms with Crippen molar-refractivity contribution in [2.45, 2.75) is 6.92 Å². The molecular weight excluding hydrogens is 432 g/mol. The number of nitrogens with one attached hydrogen (secondary N) is 2. The van der Waals surface area contributed by atoms with Gasteiger partial charge in [0.25, 0.3) is 5.91 Å². The van der Waals surface area contributed by atoms with E-state index in [4.69, 9.17) is 4.74 Å².